The molecule has 0 bridgehead atoms. The Bertz CT molecular complexity index is 1140. The molecule has 0 spiro atoms. The maximum atomic E-state index is 12.8. The monoisotopic (exact) mass is 473 g/mol. The molecule has 0 unspecified atom stereocenters. The zero-order valence-electron chi connectivity index (χ0n) is 20.0. The first-order valence-corrected chi connectivity index (χ1v) is 11.9. The van der Waals surface area contributed by atoms with Gasteiger partial charge < -0.3 is 20.1 Å². The topological polar surface area (TPSA) is 79.9 Å². The number of anilines is 1. The summed E-state index contributed by atoms with van der Waals surface area (Å²) >= 11 is 0. The maximum absolute atomic E-state index is 12.8. The zero-order chi connectivity index (χ0) is 24.5. The minimum atomic E-state index is -0.211. The molecule has 1 aliphatic heterocycles. The molecule has 7 nitrogen and oxygen atoms in total. The van der Waals surface area contributed by atoms with Crippen LogP contribution in [0.15, 0.2) is 72.8 Å². The summed E-state index contributed by atoms with van der Waals surface area (Å²) in [5, 5.41) is 5.85. The Morgan fingerprint density at radius 1 is 0.914 bits per heavy atom. The van der Waals surface area contributed by atoms with Gasteiger partial charge >= 0.3 is 0 Å². The first-order chi connectivity index (χ1) is 17.1. The van der Waals surface area contributed by atoms with E-state index >= 15 is 0 Å². The molecule has 0 radical (unpaired) electrons. The van der Waals surface area contributed by atoms with Gasteiger partial charge in [0.2, 0.25) is 0 Å². The number of benzene rings is 3. The number of amides is 2. The van der Waals surface area contributed by atoms with Gasteiger partial charge in [0.1, 0.15) is 12.4 Å². The van der Waals surface area contributed by atoms with Gasteiger partial charge in [-0.15, -0.1) is 0 Å². The molecular formula is C28H31N3O4. The molecule has 1 heterocycles. The predicted octanol–water partition coefficient (Wildman–Crippen LogP) is 3.89. The van der Waals surface area contributed by atoms with E-state index in [2.05, 4.69) is 15.5 Å². The fourth-order valence-corrected chi connectivity index (χ4v) is 3.83. The van der Waals surface area contributed by atoms with Crippen molar-refractivity contribution < 1.29 is 19.1 Å². The van der Waals surface area contributed by atoms with Crippen molar-refractivity contribution >= 4 is 17.5 Å². The van der Waals surface area contributed by atoms with Crippen molar-refractivity contribution in [2.45, 2.75) is 13.5 Å². The van der Waals surface area contributed by atoms with Gasteiger partial charge in [0.05, 0.1) is 13.2 Å². The van der Waals surface area contributed by atoms with Crippen molar-refractivity contribution in [1.29, 1.82) is 0 Å². The van der Waals surface area contributed by atoms with E-state index in [-0.39, 0.29) is 11.8 Å². The van der Waals surface area contributed by atoms with Gasteiger partial charge in [-0.25, -0.2) is 0 Å². The maximum Gasteiger partial charge on any atom is 0.255 e. The van der Waals surface area contributed by atoms with Gasteiger partial charge in [-0.3, -0.25) is 14.5 Å². The summed E-state index contributed by atoms with van der Waals surface area (Å²) in [5.41, 5.74) is 3.49. The first kappa shape index (κ1) is 24.4. The summed E-state index contributed by atoms with van der Waals surface area (Å²) in [6.07, 6.45) is 0. The van der Waals surface area contributed by atoms with E-state index in [4.69, 9.17) is 9.47 Å². The number of morpholine rings is 1. The Morgan fingerprint density at radius 2 is 1.71 bits per heavy atom. The normalized spacial score (nSPS) is 13.7. The second-order valence-corrected chi connectivity index (χ2v) is 8.48. The highest BCUT2D eigenvalue weighted by Gasteiger charge is 2.12. The number of carbonyl (C=O) groups is 2. The van der Waals surface area contributed by atoms with E-state index in [1.54, 1.807) is 24.3 Å². The van der Waals surface area contributed by atoms with Crippen molar-refractivity contribution in [2.24, 2.45) is 0 Å². The number of nitrogens with one attached hydrogen (secondary N) is 2. The fourth-order valence-electron chi connectivity index (χ4n) is 3.83. The number of hydrogen-bond acceptors (Lipinski definition) is 5. The summed E-state index contributed by atoms with van der Waals surface area (Å²) < 4.78 is 11.3. The van der Waals surface area contributed by atoms with Gasteiger partial charge in [0.25, 0.3) is 11.8 Å². The van der Waals surface area contributed by atoms with Crippen LogP contribution in [0.4, 0.5) is 5.69 Å². The standard InChI is InChI=1S/C28H31N3O4/c1-21-10-11-24(19-26(21)30-28(33)23-7-3-2-4-8-23)27(32)29-20-22-6-5-9-25(18-22)35-17-14-31-12-15-34-16-13-31/h2-11,18-19H,12-17,20H2,1H3,(H,29,32)(H,30,33). The van der Waals surface area contributed by atoms with Crippen LogP contribution < -0.4 is 15.4 Å². The molecule has 35 heavy (non-hydrogen) atoms. The minimum Gasteiger partial charge on any atom is -0.492 e. The molecule has 3 aromatic carbocycles. The molecule has 2 amide bonds. The van der Waals surface area contributed by atoms with E-state index in [0.717, 1.165) is 49.7 Å². The average molecular weight is 474 g/mol. The number of rotatable bonds is 9. The van der Waals surface area contributed by atoms with Crippen LogP contribution in [0, 0.1) is 6.92 Å². The van der Waals surface area contributed by atoms with Crippen LogP contribution in [-0.2, 0) is 11.3 Å². The van der Waals surface area contributed by atoms with Crippen molar-refractivity contribution in [1.82, 2.24) is 10.2 Å². The molecule has 2 N–H and O–H groups in total. The largest absolute Gasteiger partial charge is 0.492 e. The molecule has 4 rings (SSSR count). The van der Waals surface area contributed by atoms with E-state index in [0.29, 0.717) is 30.0 Å². The Labute approximate surface area is 206 Å². The molecule has 0 aromatic heterocycles. The van der Waals surface area contributed by atoms with E-state index in [9.17, 15) is 9.59 Å². The Kier molecular flexibility index (Phi) is 8.48. The lowest BCUT2D eigenvalue weighted by Crippen LogP contribution is -2.38. The quantitative estimate of drug-likeness (QED) is 0.493. The van der Waals surface area contributed by atoms with Crippen molar-refractivity contribution in [2.75, 3.05) is 44.8 Å². The van der Waals surface area contributed by atoms with Crippen LogP contribution in [0.2, 0.25) is 0 Å². The molecule has 0 aliphatic carbocycles. The molecular weight excluding hydrogens is 442 g/mol. The first-order valence-electron chi connectivity index (χ1n) is 11.9. The number of carbonyl (C=O) groups excluding carboxylic acids is 2. The highest BCUT2D eigenvalue weighted by atomic mass is 16.5. The van der Waals surface area contributed by atoms with Gasteiger partial charge in [-0.1, -0.05) is 36.4 Å². The Morgan fingerprint density at radius 3 is 2.51 bits per heavy atom. The molecule has 7 heteroatoms. The molecule has 182 valence electrons. The van der Waals surface area contributed by atoms with E-state index in [1.165, 1.54) is 0 Å². The summed E-state index contributed by atoms with van der Waals surface area (Å²) in [7, 11) is 0. The van der Waals surface area contributed by atoms with Crippen LogP contribution in [0.3, 0.4) is 0 Å². The molecule has 1 aliphatic rings. The number of hydrogen-bond donors (Lipinski definition) is 2. The fraction of sp³-hybridized carbons (Fsp3) is 0.286. The molecule has 1 fully saturated rings. The van der Waals surface area contributed by atoms with Crippen molar-refractivity contribution in [3.8, 4) is 5.75 Å². The molecule has 0 saturated carbocycles. The van der Waals surface area contributed by atoms with E-state index in [1.807, 2.05) is 55.5 Å². The Hall–Kier alpha value is -3.68. The summed E-state index contributed by atoms with van der Waals surface area (Å²) in [6, 6.07) is 22.0. The average Bonchev–Trinajstić information content (AvgIpc) is 2.90. The van der Waals surface area contributed by atoms with Crippen LogP contribution in [0.25, 0.3) is 0 Å². The van der Waals surface area contributed by atoms with Crippen molar-refractivity contribution in [3.63, 3.8) is 0 Å². The Balaban J connectivity index is 1.30. The van der Waals surface area contributed by atoms with Crippen LogP contribution in [-0.4, -0.2) is 56.2 Å². The lowest BCUT2D eigenvalue weighted by Gasteiger charge is -2.26. The molecule has 3 aromatic rings. The van der Waals surface area contributed by atoms with E-state index < -0.39 is 0 Å². The van der Waals surface area contributed by atoms with Crippen LogP contribution in [0.1, 0.15) is 31.8 Å². The second kappa shape index (κ2) is 12.1. The predicted molar refractivity (Wildman–Crippen MR) is 136 cm³/mol. The molecule has 1 saturated heterocycles. The van der Waals surface area contributed by atoms with Gasteiger partial charge in [0, 0.05) is 43.0 Å². The summed E-state index contributed by atoms with van der Waals surface area (Å²) in [5.74, 6) is 0.363. The second-order valence-electron chi connectivity index (χ2n) is 8.48. The third-order valence-electron chi connectivity index (χ3n) is 5.92. The number of aryl methyl sites for hydroxylation is 1. The van der Waals surface area contributed by atoms with Gasteiger partial charge in [-0.05, 0) is 54.4 Å². The third kappa shape index (κ3) is 7.15. The van der Waals surface area contributed by atoms with Crippen molar-refractivity contribution in [3.05, 3.63) is 95.1 Å². The summed E-state index contributed by atoms with van der Waals surface area (Å²) in [4.78, 5) is 27.6. The lowest BCUT2D eigenvalue weighted by molar-refractivity contribution is 0.0322. The van der Waals surface area contributed by atoms with Crippen LogP contribution >= 0.6 is 0 Å². The van der Waals surface area contributed by atoms with Gasteiger partial charge in [0.15, 0.2) is 0 Å². The zero-order valence-corrected chi connectivity index (χ0v) is 20.0. The number of ether oxygens (including phenoxy) is 2. The summed E-state index contributed by atoms with van der Waals surface area (Å²) in [6.45, 7) is 7.16. The number of nitrogens with zero attached hydrogens (tertiary/aromatic N) is 1. The SMILES string of the molecule is Cc1ccc(C(=O)NCc2cccc(OCCN3CCOCC3)c2)cc1NC(=O)c1ccccc1. The molecule has 0 atom stereocenters. The third-order valence-corrected chi connectivity index (χ3v) is 5.92. The highest BCUT2D eigenvalue weighted by molar-refractivity contribution is 6.05. The van der Waals surface area contributed by atoms with Crippen LogP contribution in [0.5, 0.6) is 5.75 Å². The lowest BCUT2D eigenvalue weighted by atomic mass is 10.1. The smallest absolute Gasteiger partial charge is 0.255 e. The highest BCUT2D eigenvalue weighted by Crippen LogP contribution is 2.19. The minimum absolute atomic E-state index is 0.209. The van der Waals surface area contributed by atoms with Gasteiger partial charge in [-0.2, -0.15) is 0 Å².